The molecular formula is C48H36O2Zr2-12. The number of hydrogen-bond acceptors (Lipinski definition) is 2. The molecular weight excluding hydrogens is 791 g/mol. The minimum absolute atomic E-state index is 0. The van der Waals surface area contributed by atoms with E-state index in [1.807, 2.05) is 224 Å². The van der Waals surface area contributed by atoms with Crippen LogP contribution >= 0.6 is 0 Å². The van der Waals surface area contributed by atoms with Gasteiger partial charge in [0.1, 0.15) is 11.9 Å². The molecule has 8 rings (SSSR count). The third-order valence-electron chi connectivity index (χ3n) is 6.47. The fraction of sp³-hybridized carbons (Fsp3) is 0. The summed E-state index contributed by atoms with van der Waals surface area (Å²) in [6.45, 7) is 0. The average Bonchev–Trinajstić information content (AvgIpc) is 4.06. The van der Waals surface area contributed by atoms with Gasteiger partial charge in [0.25, 0.3) is 0 Å². The first-order valence-electron chi connectivity index (χ1n) is 15.9. The molecule has 0 saturated heterocycles. The maximum absolute atomic E-state index is 10.9. The Hall–Kier alpha value is -5.05. The topological polar surface area (TPSA) is 34.1 Å². The van der Waals surface area contributed by atoms with Crippen molar-refractivity contribution in [2.45, 2.75) is 0 Å². The molecule has 8 aromatic rings. The van der Waals surface area contributed by atoms with Crippen LogP contribution in [0.2, 0.25) is 0 Å². The molecule has 0 aromatic heterocycles. The van der Waals surface area contributed by atoms with Gasteiger partial charge in [0.2, 0.25) is 0 Å². The Kier molecular flexibility index (Phi) is 26.6. The second-order valence-electron chi connectivity index (χ2n) is 9.99. The van der Waals surface area contributed by atoms with Crippen LogP contribution in [0.5, 0.6) is 0 Å². The molecule has 0 atom stereocenters. The molecule has 0 unspecified atom stereocenters. The molecule has 260 valence electrons. The Bertz CT molecular complexity index is 1600. The van der Waals surface area contributed by atoms with E-state index in [0.717, 1.165) is 22.3 Å². The van der Waals surface area contributed by atoms with E-state index in [1.165, 1.54) is 0 Å². The zero-order valence-electron chi connectivity index (χ0n) is 28.6. The minimum atomic E-state index is 0. The Balaban J connectivity index is 0.000000336. The molecule has 0 heterocycles. The van der Waals surface area contributed by atoms with Crippen molar-refractivity contribution in [2.75, 3.05) is 0 Å². The predicted molar refractivity (Wildman–Crippen MR) is 206 cm³/mol. The molecule has 0 aliphatic carbocycles. The van der Waals surface area contributed by atoms with Crippen LogP contribution in [0, 0.1) is 24.3 Å². The third kappa shape index (κ3) is 19.4. The molecule has 52 heavy (non-hydrogen) atoms. The first-order chi connectivity index (χ1) is 24.8. The first-order valence-corrected chi connectivity index (χ1v) is 15.9. The van der Waals surface area contributed by atoms with Crippen molar-refractivity contribution >= 4 is 23.0 Å². The van der Waals surface area contributed by atoms with Crippen LogP contribution in [0.3, 0.4) is 0 Å². The molecule has 8 aromatic carbocycles. The average molecular weight is 827 g/mol. The summed E-state index contributed by atoms with van der Waals surface area (Å²) < 4.78 is 0. The van der Waals surface area contributed by atoms with Gasteiger partial charge in [-0.1, -0.05) is 121 Å². The van der Waals surface area contributed by atoms with Crippen molar-refractivity contribution in [3.8, 4) is 0 Å². The monoisotopic (exact) mass is 824 g/mol. The number of rotatable bonds is 4. The van der Waals surface area contributed by atoms with Crippen molar-refractivity contribution < 1.29 is 62.0 Å². The molecule has 0 amide bonds. The molecule has 0 saturated carbocycles. The van der Waals surface area contributed by atoms with Gasteiger partial charge in [-0.15, -0.1) is 0 Å². The molecule has 0 aliphatic rings. The van der Waals surface area contributed by atoms with Crippen LogP contribution in [0.4, 0.5) is 0 Å². The van der Waals surface area contributed by atoms with Crippen LogP contribution < -0.4 is 0 Å². The van der Waals surface area contributed by atoms with Gasteiger partial charge in [0, 0.05) is 52.4 Å². The summed E-state index contributed by atoms with van der Waals surface area (Å²) in [4.78, 5) is 21.9. The number of carbonyl (C=O) groups excluding carboxylic acids is 2. The smallest absolute Gasteiger partial charge is 0.133 e. The first kappa shape index (κ1) is 45.0. The predicted octanol–water partition coefficient (Wildman–Crippen LogP) is 10.7. The molecule has 0 aliphatic heterocycles. The molecule has 0 fully saturated rings. The molecule has 4 heteroatoms. The quantitative estimate of drug-likeness (QED) is 0.131. The summed E-state index contributed by atoms with van der Waals surface area (Å²) in [5.74, 6) is 4.00. The Morgan fingerprint density at radius 3 is 0.788 bits per heavy atom. The van der Waals surface area contributed by atoms with Gasteiger partial charge < -0.3 is 60.7 Å². The second-order valence-corrected chi connectivity index (χ2v) is 9.99. The molecule has 0 radical (unpaired) electrons. The Morgan fingerprint density at radius 2 is 0.635 bits per heavy atom. The summed E-state index contributed by atoms with van der Waals surface area (Å²) in [6, 6.07) is 80.3. The minimum Gasteiger partial charge on any atom is -0.999 e. The molecule has 0 spiro atoms. The zero-order valence-corrected chi connectivity index (χ0v) is 33.5. The normalized spacial score (nSPS) is 8.46. The van der Waals surface area contributed by atoms with E-state index < -0.39 is 0 Å². The van der Waals surface area contributed by atoms with Crippen LogP contribution in [0.1, 0.15) is 22.3 Å². The van der Waals surface area contributed by atoms with Gasteiger partial charge in [-0.05, 0) is 22.3 Å². The van der Waals surface area contributed by atoms with E-state index in [-0.39, 0.29) is 52.4 Å². The van der Waals surface area contributed by atoms with Gasteiger partial charge in [-0.2, -0.15) is 36.4 Å². The largest absolute Gasteiger partial charge is 0.999 e. The van der Waals surface area contributed by atoms with E-state index in [9.17, 15) is 9.59 Å². The summed E-state index contributed by atoms with van der Waals surface area (Å²) >= 11 is 0. The maximum Gasteiger partial charge on any atom is 0.133 e. The fourth-order valence-electron chi connectivity index (χ4n) is 4.13. The van der Waals surface area contributed by atoms with Crippen molar-refractivity contribution in [3.63, 3.8) is 0 Å². The molecule has 0 bridgehead atoms. The number of benzene rings is 4. The van der Waals surface area contributed by atoms with E-state index in [1.54, 1.807) is 6.07 Å². The van der Waals surface area contributed by atoms with E-state index in [4.69, 9.17) is 0 Å². The van der Waals surface area contributed by atoms with E-state index in [0.29, 0.717) is 11.1 Å². The van der Waals surface area contributed by atoms with Crippen molar-refractivity contribution in [1.29, 1.82) is 0 Å². The van der Waals surface area contributed by atoms with Crippen LogP contribution in [0.15, 0.2) is 218 Å². The summed E-state index contributed by atoms with van der Waals surface area (Å²) in [5, 5.41) is 0. The SMILES string of the molecule is O=C=C(c1ccccc1)c1ccccc1.O=C=C(c1ccccc1)c1ccccc1.[Zr].[Zr].[c-]1[c-][c-][cH-][c-]1.[cH-]1[cH-][cH-][cH-][cH-]1.c1cc[cH-]c1.c1cc[cH-]c1. The maximum atomic E-state index is 10.9. The number of hydrogen-bond donors (Lipinski definition) is 0. The summed E-state index contributed by atoms with van der Waals surface area (Å²) in [6.07, 6.45) is 0. The molecule has 2 nitrogen and oxygen atoms in total. The van der Waals surface area contributed by atoms with Crippen LogP contribution in [0.25, 0.3) is 11.1 Å². The second kappa shape index (κ2) is 30.7. The van der Waals surface area contributed by atoms with Crippen LogP contribution in [-0.2, 0) is 62.0 Å². The Labute approximate surface area is 347 Å². The van der Waals surface area contributed by atoms with E-state index >= 15 is 0 Å². The zero-order chi connectivity index (χ0) is 35.2. The molecule has 0 N–H and O–H groups in total. The van der Waals surface area contributed by atoms with Crippen molar-refractivity contribution in [3.05, 3.63) is 265 Å². The van der Waals surface area contributed by atoms with Gasteiger partial charge in [0.05, 0.1) is 11.1 Å². The standard InChI is InChI=1S/2C14H10O.3C5H5.C5H.2Zr/c2*15-11-14(12-7-3-1-4-8-12)13-9-5-2-6-10-13;4*1-2-4-5-3-1;;/h2*1-10H;3*1-5H;1H;;/q;;-5;2*-1;-5;;. The van der Waals surface area contributed by atoms with Gasteiger partial charge >= 0.3 is 0 Å². The van der Waals surface area contributed by atoms with Crippen molar-refractivity contribution in [1.82, 2.24) is 0 Å². The van der Waals surface area contributed by atoms with Gasteiger partial charge in [-0.3, -0.25) is 0 Å². The summed E-state index contributed by atoms with van der Waals surface area (Å²) in [7, 11) is 0. The van der Waals surface area contributed by atoms with Gasteiger partial charge in [0.15, 0.2) is 0 Å². The van der Waals surface area contributed by atoms with Gasteiger partial charge in [-0.25, -0.2) is 33.9 Å². The Morgan fingerprint density at radius 1 is 0.385 bits per heavy atom. The summed E-state index contributed by atoms with van der Waals surface area (Å²) in [5.41, 5.74) is 4.82. The van der Waals surface area contributed by atoms with Crippen molar-refractivity contribution in [2.24, 2.45) is 0 Å². The third-order valence-corrected chi connectivity index (χ3v) is 6.47. The van der Waals surface area contributed by atoms with E-state index in [2.05, 4.69) is 24.3 Å². The fourth-order valence-corrected chi connectivity index (χ4v) is 4.13. The van der Waals surface area contributed by atoms with Crippen LogP contribution in [-0.4, -0.2) is 11.9 Å².